The Morgan fingerprint density at radius 1 is 1.05 bits per heavy atom. The smallest absolute Gasteiger partial charge is 0.236 e. The van der Waals surface area contributed by atoms with Crippen molar-refractivity contribution in [1.29, 1.82) is 0 Å². The lowest BCUT2D eigenvalue weighted by Crippen LogP contribution is -2.37. The van der Waals surface area contributed by atoms with E-state index in [4.69, 9.17) is 0 Å². The first-order chi connectivity index (χ1) is 8.70. The van der Waals surface area contributed by atoms with Crippen LogP contribution in [0.5, 0.6) is 0 Å². The van der Waals surface area contributed by atoms with Gasteiger partial charge in [-0.2, -0.15) is 0 Å². The van der Waals surface area contributed by atoms with Crippen LogP contribution in [-0.2, 0) is 10.0 Å². The molecule has 0 amide bonds. The number of aryl methyl sites for hydroxylation is 2. The highest BCUT2D eigenvalue weighted by Gasteiger charge is 2.20. The molecule has 1 unspecified atom stereocenters. The zero-order valence-electron chi connectivity index (χ0n) is 12.3. The molecule has 0 saturated carbocycles. The molecule has 0 spiro atoms. The Morgan fingerprint density at radius 2 is 1.58 bits per heavy atom. The van der Waals surface area contributed by atoms with Crippen molar-refractivity contribution in [2.24, 2.45) is 0 Å². The molecule has 0 heterocycles. The molecule has 108 valence electrons. The Labute approximate surface area is 116 Å². The molecule has 0 fully saturated rings. The molecule has 1 atom stereocenters. The van der Waals surface area contributed by atoms with Crippen LogP contribution in [0.2, 0.25) is 0 Å². The lowest BCUT2D eigenvalue weighted by atomic mass is 10.1. The zero-order valence-corrected chi connectivity index (χ0v) is 13.1. The Hall–Kier alpha value is -1.07. The lowest BCUT2D eigenvalue weighted by Gasteiger charge is -2.17. The van der Waals surface area contributed by atoms with Gasteiger partial charge in [-0.15, -0.1) is 0 Å². The minimum Gasteiger partial charge on any atom is -0.313 e. The summed E-state index contributed by atoms with van der Waals surface area (Å²) in [6, 6.07) is 5.97. The van der Waals surface area contributed by atoms with Gasteiger partial charge in [0.15, 0.2) is 0 Å². The largest absolute Gasteiger partial charge is 0.313 e. The minimum absolute atomic E-state index is 0.277. The summed E-state index contributed by atoms with van der Waals surface area (Å²) in [6.45, 7) is 10.1. The summed E-state index contributed by atoms with van der Waals surface area (Å²) in [4.78, 5) is 0. The average molecular weight is 284 g/mol. The Morgan fingerprint density at radius 3 is 2.05 bits per heavy atom. The van der Waals surface area contributed by atoms with E-state index in [2.05, 4.69) is 10.0 Å². The van der Waals surface area contributed by atoms with Crippen LogP contribution < -0.4 is 10.0 Å². The molecule has 5 heteroatoms. The molecule has 0 aliphatic rings. The van der Waals surface area contributed by atoms with Crippen LogP contribution in [0.25, 0.3) is 0 Å². The minimum atomic E-state index is -3.36. The molecule has 0 aliphatic heterocycles. The number of hydrogen-bond donors (Lipinski definition) is 2. The fraction of sp³-hybridized carbons (Fsp3) is 0.571. The predicted molar refractivity (Wildman–Crippen MR) is 81.1 cm³/mol. The van der Waals surface area contributed by atoms with Crippen LogP contribution in [0.1, 0.15) is 31.9 Å². The summed E-state index contributed by atoms with van der Waals surface area (Å²) >= 11 is 0. The van der Waals surface area contributed by atoms with Crippen LogP contribution in [0.15, 0.2) is 18.2 Å². The molecule has 1 aromatic carbocycles. The summed E-state index contributed by atoms with van der Waals surface area (Å²) in [5.41, 5.74) is 2.73. The molecular formula is C14H24N2O2S. The van der Waals surface area contributed by atoms with E-state index < -0.39 is 15.3 Å². The normalized spacial score (nSPS) is 13.6. The lowest BCUT2D eigenvalue weighted by molar-refractivity contribution is 0.553. The van der Waals surface area contributed by atoms with Gasteiger partial charge < -0.3 is 5.32 Å². The summed E-state index contributed by atoms with van der Waals surface area (Å²) in [6.07, 6.45) is 0. The van der Waals surface area contributed by atoms with Gasteiger partial charge in [-0.05, 0) is 44.0 Å². The van der Waals surface area contributed by atoms with Crippen molar-refractivity contribution in [3.8, 4) is 0 Å². The van der Waals surface area contributed by atoms with Crippen molar-refractivity contribution < 1.29 is 8.42 Å². The number of hydrogen-bond acceptors (Lipinski definition) is 3. The van der Waals surface area contributed by atoms with E-state index in [1.165, 1.54) is 0 Å². The Bertz CT molecular complexity index is 504. The number of anilines is 1. The number of rotatable bonds is 6. The first-order valence-corrected chi connectivity index (χ1v) is 8.08. The summed E-state index contributed by atoms with van der Waals surface area (Å²) < 4.78 is 27.0. The maximum atomic E-state index is 12.2. The van der Waals surface area contributed by atoms with Gasteiger partial charge in [0.05, 0.1) is 5.25 Å². The fourth-order valence-electron chi connectivity index (χ4n) is 1.81. The SMILES string of the molecule is Cc1cc(C)cc(NS(=O)(=O)C(C)CNC(C)C)c1. The quantitative estimate of drug-likeness (QED) is 0.843. The van der Waals surface area contributed by atoms with Crippen LogP contribution in [0.4, 0.5) is 5.69 Å². The fourth-order valence-corrected chi connectivity index (χ4v) is 2.77. The molecule has 0 radical (unpaired) electrons. The maximum absolute atomic E-state index is 12.2. The third-order valence-electron chi connectivity index (χ3n) is 2.83. The van der Waals surface area contributed by atoms with Gasteiger partial charge in [-0.1, -0.05) is 19.9 Å². The van der Waals surface area contributed by atoms with Crippen molar-refractivity contribution >= 4 is 15.7 Å². The molecular weight excluding hydrogens is 260 g/mol. The molecule has 0 aliphatic carbocycles. The van der Waals surface area contributed by atoms with Gasteiger partial charge in [0.25, 0.3) is 0 Å². The summed E-state index contributed by atoms with van der Waals surface area (Å²) in [5, 5.41) is 2.66. The van der Waals surface area contributed by atoms with E-state index in [1.54, 1.807) is 6.92 Å². The summed E-state index contributed by atoms with van der Waals surface area (Å²) in [5.74, 6) is 0. The molecule has 0 aromatic heterocycles. The van der Waals surface area contributed by atoms with Crippen molar-refractivity contribution in [3.05, 3.63) is 29.3 Å². The topological polar surface area (TPSA) is 58.2 Å². The van der Waals surface area contributed by atoms with Crippen molar-refractivity contribution in [1.82, 2.24) is 5.32 Å². The number of sulfonamides is 1. The molecule has 1 rings (SSSR count). The average Bonchev–Trinajstić information content (AvgIpc) is 2.23. The second-order valence-corrected chi connectivity index (χ2v) is 7.50. The van der Waals surface area contributed by atoms with Crippen LogP contribution in [0, 0.1) is 13.8 Å². The van der Waals surface area contributed by atoms with E-state index in [0.29, 0.717) is 12.2 Å². The molecule has 0 saturated heterocycles. The van der Waals surface area contributed by atoms with Gasteiger partial charge in [0.1, 0.15) is 0 Å². The highest BCUT2D eigenvalue weighted by Crippen LogP contribution is 2.16. The van der Waals surface area contributed by atoms with E-state index in [0.717, 1.165) is 11.1 Å². The molecule has 2 N–H and O–H groups in total. The van der Waals surface area contributed by atoms with Gasteiger partial charge in [-0.25, -0.2) is 8.42 Å². The highest BCUT2D eigenvalue weighted by molar-refractivity contribution is 7.93. The van der Waals surface area contributed by atoms with Crippen molar-refractivity contribution in [3.63, 3.8) is 0 Å². The highest BCUT2D eigenvalue weighted by atomic mass is 32.2. The zero-order chi connectivity index (χ0) is 14.6. The Kier molecular flexibility index (Phi) is 5.38. The molecule has 4 nitrogen and oxygen atoms in total. The predicted octanol–water partition coefficient (Wildman–Crippen LogP) is 2.43. The molecule has 19 heavy (non-hydrogen) atoms. The third kappa shape index (κ3) is 5.20. The maximum Gasteiger partial charge on any atom is 0.236 e. The number of benzene rings is 1. The van der Waals surface area contributed by atoms with Crippen molar-refractivity contribution in [2.45, 2.75) is 45.9 Å². The van der Waals surface area contributed by atoms with Gasteiger partial charge in [0.2, 0.25) is 10.0 Å². The van der Waals surface area contributed by atoms with Crippen LogP contribution >= 0.6 is 0 Å². The van der Waals surface area contributed by atoms with Crippen LogP contribution in [-0.4, -0.2) is 26.3 Å². The van der Waals surface area contributed by atoms with E-state index in [9.17, 15) is 8.42 Å². The molecule has 0 bridgehead atoms. The van der Waals surface area contributed by atoms with Gasteiger partial charge in [-0.3, -0.25) is 4.72 Å². The first-order valence-electron chi connectivity index (χ1n) is 6.54. The number of nitrogens with one attached hydrogen (secondary N) is 2. The Balaban J connectivity index is 2.78. The van der Waals surface area contributed by atoms with Gasteiger partial charge in [0, 0.05) is 18.3 Å². The second-order valence-electron chi connectivity index (χ2n) is 5.40. The molecule has 1 aromatic rings. The van der Waals surface area contributed by atoms with Crippen molar-refractivity contribution in [2.75, 3.05) is 11.3 Å². The van der Waals surface area contributed by atoms with E-state index >= 15 is 0 Å². The van der Waals surface area contributed by atoms with Gasteiger partial charge >= 0.3 is 0 Å². The van der Waals surface area contributed by atoms with E-state index in [-0.39, 0.29) is 6.04 Å². The monoisotopic (exact) mass is 284 g/mol. The standard InChI is InChI=1S/C14H24N2O2S/c1-10(2)15-9-13(5)19(17,18)16-14-7-11(3)6-12(4)8-14/h6-8,10,13,15-16H,9H2,1-5H3. The third-order valence-corrected chi connectivity index (χ3v) is 4.57. The summed E-state index contributed by atoms with van der Waals surface area (Å²) in [7, 11) is -3.36. The first kappa shape index (κ1) is 16.0. The van der Waals surface area contributed by atoms with E-state index in [1.807, 2.05) is 45.9 Å². The second kappa shape index (κ2) is 6.39. The van der Waals surface area contributed by atoms with Crippen LogP contribution in [0.3, 0.4) is 0 Å².